The number of aliphatic hydroxyl groups excluding tert-OH is 1. The van der Waals surface area contributed by atoms with Crippen LogP contribution >= 0.6 is 7.37 Å². The molecule has 0 bridgehead atoms. The van der Waals surface area contributed by atoms with E-state index in [9.17, 15) is 9.67 Å². The van der Waals surface area contributed by atoms with Crippen LogP contribution in [0.25, 0.3) is 0 Å². The van der Waals surface area contributed by atoms with Gasteiger partial charge in [0.1, 0.15) is 0 Å². The Morgan fingerprint density at radius 2 is 1.71 bits per heavy atom. The van der Waals surface area contributed by atoms with E-state index in [1.807, 2.05) is 56.3 Å². The predicted octanol–water partition coefficient (Wildman–Crippen LogP) is 4.16. The van der Waals surface area contributed by atoms with Crippen molar-refractivity contribution in [2.75, 3.05) is 25.6 Å². The zero-order valence-electron chi connectivity index (χ0n) is 14.6. The first kappa shape index (κ1) is 18.7. The van der Waals surface area contributed by atoms with Crippen LogP contribution in [0.1, 0.15) is 31.2 Å². The maximum absolute atomic E-state index is 13.6. The fourth-order valence-electron chi connectivity index (χ4n) is 2.41. The van der Waals surface area contributed by atoms with E-state index in [2.05, 4.69) is 0 Å². The monoisotopic (exact) mass is 347 g/mol. The molecule has 0 unspecified atom stereocenters. The summed E-state index contributed by atoms with van der Waals surface area (Å²) in [6.07, 6.45) is 1.75. The van der Waals surface area contributed by atoms with Gasteiger partial charge in [0.2, 0.25) is 0 Å². The molecule has 0 radical (unpaired) electrons. The van der Waals surface area contributed by atoms with Crippen molar-refractivity contribution in [1.82, 2.24) is 0 Å². The molecular weight excluding hydrogens is 321 g/mol. The number of anilines is 1. The van der Waals surface area contributed by atoms with Crippen molar-refractivity contribution in [2.45, 2.75) is 25.6 Å². The molecule has 0 aliphatic carbocycles. The summed E-state index contributed by atoms with van der Waals surface area (Å²) in [5.74, 6) is -1.17. The van der Waals surface area contributed by atoms with Crippen LogP contribution in [-0.4, -0.2) is 25.8 Å². The molecule has 0 amide bonds. The number of aliphatic hydroxyl groups is 1. The number of hydrogen-bond acceptors (Lipinski definition) is 4. The van der Waals surface area contributed by atoms with E-state index in [1.165, 1.54) is 0 Å². The smallest absolute Gasteiger partial charge is 0.264 e. The summed E-state index contributed by atoms with van der Waals surface area (Å²) >= 11 is 0. The molecule has 4 nitrogen and oxygen atoms in total. The van der Waals surface area contributed by atoms with Crippen LogP contribution in [0.2, 0.25) is 0 Å². The van der Waals surface area contributed by atoms with Gasteiger partial charge in [-0.05, 0) is 36.2 Å². The van der Waals surface area contributed by atoms with Crippen molar-refractivity contribution >= 4 is 18.4 Å². The topological polar surface area (TPSA) is 49.8 Å². The molecule has 0 aliphatic rings. The van der Waals surface area contributed by atoms with Crippen molar-refractivity contribution in [1.29, 1.82) is 0 Å². The van der Waals surface area contributed by atoms with Crippen LogP contribution in [-0.2, 0) is 9.09 Å². The first-order valence-corrected chi connectivity index (χ1v) is 9.93. The zero-order chi connectivity index (χ0) is 17.6. The van der Waals surface area contributed by atoms with E-state index >= 15 is 0 Å². The highest BCUT2D eigenvalue weighted by Gasteiger charge is 2.36. The highest BCUT2D eigenvalue weighted by molar-refractivity contribution is 7.67. The highest BCUT2D eigenvalue weighted by atomic mass is 31.2. The fourth-order valence-corrected chi connectivity index (χ4v) is 4.51. The Hall–Kier alpha value is -1.61. The van der Waals surface area contributed by atoms with Crippen molar-refractivity contribution in [3.63, 3.8) is 0 Å². The van der Waals surface area contributed by atoms with E-state index < -0.39 is 13.2 Å². The van der Waals surface area contributed by atoms with Gasteiger partial charge in [0, 0.05) is 25.1 Å². The normalized spacial score (nSPS) is 14.8. The Balaban J connectivity index is 2.37. The van der Waals surface area contributed by atoms with Crippen molar-refractivity contribution in [3.8, 4) is 0 Å². The third-order valence-electron chi connectivity index (χ3n) is 3.93. The molecule has 0 heterocycles. The molecule has 1 N–H and O–H groups in total. The Morgan fingerprint density at radius 1 is 1.08 bits per heavy atom. The van der Waals surface area contributed by atoms with Crippen molar-refractivity contribution in [2.24, 2.45) is 0 Å². The molecule has 0 aromatic heterocycles. The van der Waals surface area contributed by atoms with Crippen molar-refractivity contribution in [3.05, 3.63) is 60.2 Å². The average Bonchev–Trinajstić information content (AvgIpc) is 2.62. The summed E-state index contributed by atoms with van der Waals surface area (Å²) < 4.78 is 19.3. The molecular formula is C19H26NO3P. The molecule has 2 aromatic carbocycles. The lowest BCUT2D eigenvalue weighted by molar-refractivity contribution is 0.213. The number of nitrogens with zero attached hydrogens (tertiary/aromatic N) is 1. The minimum Gasteiger partial charge on any atom is -0.378 e. The first-order chi connectivity index (χ1) is 11.5. The molecule has 24 heavy (non-hydrogen) atoms. The van der Waals surface area contributed by atoms with Gasteiger partial charge in [-0.25, -0.2) is 0 Å². The Kier molecular flexibility index (Phi) is 6.61. The van der Waals surface area contributed by atoms with Crippen LogP contribution in [0.3, 0.4) is 0 Å². The van der Waals surface area contributed by atoms with Gasteiger partial charge in [0.25, 0.3) is 7.37 Å². The largest absolute Gasteiger partial charge is 0.378 e. The highest BCUT2D eigenvalue weighted by Crippen LogP contribution is 2.57. The van der Waals surface area contributed by atoms with Crippen molar-refractivity contribution < 1.29 is 14.2 Å². The third-order valence-corrected chi connectivity index (χ3v) is 6.45. The summed E-state index contributed by atoms with van der Waals surface area (Å²) in [6.45, 7) is 2.42. The van der Waals surface area contributed by atoms with Gasteiger partial charge in [0.15, 0.2) is 5.85 Å². The Morgan fingerprint density at radius 3 is 2.25 bits per heavy atom. The molecule has 0 saturated heterocycles. The van der Waals surface area contributed by atoms with Gasteiger partial charge >= 0.3 is 0 Å². The molecule has 0 aliphatic heterocycles. The molecule has 130 valence electrons. The molecule has 0 spiro atoms. The number of rotatable bonds is 8. The maximum atomic E-state index is 13.6. The number of unbranched alkanes of at least 4 members (excludes halogenated alkanes) is 1. The van der Waals surface area contributed by atoms with Crippen LogP contribution in [0.15, 0.2) is 54.6 Å². The van der Waals surface area contributed by atoms with Gasteiger partial charge in [-0.1, -0.05) is 43.7 Å². The Labute approximate surface area is 144 Å². The zero-order valence-corrected chi connectivity index (χ0v) is 15.4. The summed E-state index contributed by atoms with van der Waals surface area (Å²) in [6, 6.07) is 16.4. The van der Waals surface area contributed by atoms with Gasteiger partial charge in [-0.15, -0.1) is 0 Å². The molecule has 2 rings (SSSR count). The third kappa shape index (κ3) is 4.27. The SMILES string of the molecule is CCCCO[P@@](=O)(c1ccc(N(C)C)cc1)[C@H](O)c1ccccc1. The Bertz CT molecular complexity index is 671. The standard InChI is InChI=1S/C19H26NO3P/c1-4-5-15-23-24(22,19(21)16-9-7-6-8-10-16)18-13-11-17(12-14-18)20(2)3/h6-14,19,21H,4-5,15H2,1-3H3/t19-,24-/m0/s1. The fraction of sp³-hybridized carbons (Fsp3) is 0.368. The second-order valence-corrected chi connectivity index (χ2v) is 8.44. The molecule has 5 heteroatoms. The average molecular weight is 347 g/mol. The van der Waals surface area contributed by atoms with Crippen LogP contribution in [0, 0.1) is 0 Å². The molecule has 2 aromatic rings. The minimum atomic E-state index is -3.43. The van der Waals surface area contributed by atoms with Gasteiger partial charge < -0.3 is 14.5 Å². The molecule has 0 saturated carbocycles. The van der Waals surface area contributed by atoms with Gasteiger partial charge in [-0.2, -0.15) is 0 Å². The minimum absolute atomic E-state index is 0.368. The number of hydrogen-bond donors (Lipinski definition) is 1. The summed E-state index contributed by atoms with van der Waals surface area (Å²) in [4.78, 5) is 1.97. The number of benzene rings is 2. The van der Waals surface area contributed by atoms with Gasteiger partial charge in [-0.3, -0.25) is 4.57 Å². The van der Waals surface area contributed by atoms with Crippen LogP contribution in [0.4, 0.5) is 5.69 Å². The second-order valence-electron chi connectivity index (χ2n) is 5.98. The van der Waals surface area contributed by atoms with E-state index in [0.29, 0.717) is 17.5 Å². The molecule has 0 fully saturated rings. The lowest BCUT2D eigenvalue weighted by Gasteiger charge is -2.25. The second kappa shape index (κ2) is 8.48. The van der Waals surface area contributed by atoms with E-state index in [-0.39, 0.29) is 0 Å². The lowest BCUT2D eigenvalue weighted by Crippen LogP contribution is -2.16. The van der Waals surface area contributed by atoms with Gasteiger partial charge in [0.05, 0.1) is 6.61 Å². The quantitative estimate of drug-likeness (QED) is 0.575. The summed E-state index contributed by atoms with van der Waals surface area (Å²) in [7, 11) is 0.472. The predicted molar refractivity (Wildman–Crippen MR) is 100 cm³/mol. The summed E-state index contributed by atoms with van der Waals surface area (Å²) in [5, 5.41) is 11.3. The van der Waals surface area contributed by atoms with E-state index in [1.54, 1.807) is 24.3 Å². The van der Waals surface area contributed by atoms with Crippen LogP contribution in [0.5, 0.6) is 0 Å². The maximum Gasteiger partial charge on any atom is 0.264 e. The molecule has 2 atom stereocenters. The van der Waals surface area contributed by atoms with E-state index in [4.69, 9.17) is 4.52 Å². The lowest BCUT2D eigenvalue weighted by atomic mass is 10.2. The first-order valence-electron chi connectivity index (χ1n) is 8.24. The van der Waals surface area contributed by atoms with E-state index in [0.717, 1.165) is 18.5 Å². The summed E-state index contributed by atoms with van der Waals surface area (Å²) in [5.41, 5.74) is 1.61. The van der Waals surface area contributed by atoms with Crippen LogP contribution < -0.4 is 10.2 Å².